The van der Waals surface area contributed by atoms with E-state index >= 15 is 0 Å². The molecule has 0 aromatic heterocycles. The molecule has 0 fully saturated rings. The molecule has 1 aromatic carbocycles. The van der Waals surface area contributed by atoms with E-state index in [1.807, 2.05) is 0 Å². The first kappa shape index (κ1) is 17.6. The minimum absolute atomic E-state index is 0.0884. The van der Waals surface area contributed by atoms with E-state index < -0.39 is 0 Å². The predicted octanol–water partition coefficient (Wildman–Crippen LogP) is 3.35. The molecule has 0 saturated carbocycles. The standard InChI is InChI=1S/C15H22BrNO4/c1-6-7-8-17(2)15(18)10-9-11(19-3)13(20-4)14(21-5)12(10)16/h9H,6-8H2,1-5H3. The summed E-state index contributed by atoms with van der Waals surface area (Å²) < 4.78 is 16.5. The third-order valence-electron chi connectivity index (χ3n) is 3.19. The van der Waals surface area contributed by atoms with Crippen molar-refractivity contribution >= 4 is 21.8 Å². The Morgan fingerprint density at radius 2 is 1.81 bits per heavy atom. The van der Waals surface area contributed by atoms with Gasteiger partial charge in [0, 0.05) is 13.6 Å². The zero-order valence-electron chi connectivity index (χ0n) is 13.2. The second kappa shape index (κ2) is 8.12. The molecule has 0 heterocycles. The van der Waals surface area contributed by atoms with Crippen LogP contribution < -0.4 is 14.2 Å². The van der Waals surface area contributed by atoms with Crippen LogP contribution in [0.25, 0.3) is 0 Å². The van der Waals surface area contributed by atoms with Gasteiger partial charge in [0.1, 0.15) is 0 Å². The number of amides is 1. The van der Waals surface area contributed by atoms with Crippen LogP contribution >= 0.6 is 15.9 Å². The summed E-state index contributed by atoms with van der Waals surface area (Å²) in [6.45, 7) is 2.80. The second-order valence-electron chi connectivity index (χ2n) is 4.59. The maximum Gasteiger partial charge on any atom is 0.255 e. The highest BCUT2D eigenvalue weighted by Crippen LogP contribution is 2.44. The lowest BCUT2D eigenvalue weighted by Gasteiger charge is -2.20. The smallest absolute Gasteiger partial charge is 0.255 e. The summed E-state index contributed by atoms with van der Waals surface area (Å²) in [5, 5.41) is 0. The topological polar surface area (TPSA) is 48.0 Å². The Balaban J connectivity index is 3.27. The predicted molar refractivity (Wildman–Crippen MR) is 85.7 cm³/mol. The normalized spacial score (nSPS) is 10.2. The van der Waals surface area contributed by atoms with Crippen molar-refractivity contribution in [1.29, 1.82) is 0 Å². The average Bonchev–Trinajstić information content (AvgIpc) is 2.50. The third kappa shape index (κ3) is 3.81. The molecule has 0 atom stereocenters. The quantitative estimate of drug-likeness (QED) is 0.748. The monoisotopic (exact) mass is 359 g/mol. The van der Waals surface area contributed by atoms with Gasteiger partial charge in [0.15, 0.2) is 11.5 Å². The van der Waals surface area contributed by atoms with Crippen molar-refractivity contribution < 1.29 is 19.0 Å². The van der Waals surface area contributed by atoms with Crippen LogP contribution in [0.15, 0.2) is 10.5 Å². The molecule has 1 amide bonds. The molecule has 0 aliphatic heterocycles. The van der Waals surface area contributed by atoms with Crippen molar-refractivity contribution in [3.63, 3.8) is 0 Å². The largest absolute Gasteiger partial charge is 0.493 e. The molecular formula is C15H22BrNO4. The van der Waals surface area contributed by atoms with Crippen molar-refractivity contribution in [2.75, 3.05) is 34.9 Å². The summed E-state index contributed by atoms with van der Waals surface area (Å²) in [5.74, 6) is 1.28. The first-order valence-corrected chi connectivity index (χ1v) is 7.54. The Morgan fingerprint density at radius 3 is 2.29 bits per heavy atom. The van der Waals surface area contributed by atoms with Crippen LogP contribution in [0.3, 0.4) is 0 Å². The van der Waals surface area contributed by atoms with E-state index in [4.69, 9.17) is 14.2 Å². The fourth-order valence-electron chi connectivity index (χ4n) is 1.98. The lowest BCUT2D eigenvalue weighted by molar-refractivity contribution is 0.0791. The number of carbonyl (C=O) groups is 1. The zero-order valence-corrected chi connectivity index (χ0v) is 14.7. The minimum Gasteiger partial charge on any atom is -0.493 e. The second-order valence-corrected chi connectivity index (χ2v) is 5.38. The summed E-state index contributed by atoms with van der Waals surface area (Å²) in [4.78, 5) is 14.2. The van der Waals surface area contributed by atoms with E-state index in [1.54, 1.807) is 18.0 Å². The minimum atomic E-state index is -0.0884. The molecule has 1 rings (SSSR count). The van der Waals surface area contributed by atoms with Crippen LogP contribution in [0.2, 0.25) is 0 Å². The summed E-state index contributed by atoms with van der Waals surface area (Å²) >= 11 is 3.43. The van der Waals surface area contributed by atoms with Gasteiger partial charge in [-0.25, -0.2) is 0 Å². The van der Waals surface area contributed by atoms with Crippen molar-refractivity contribution in [1.82, 2.24) is 4.90 Å². The molecule has 0 aliphatic rings. The molecule has 21 heavy (non-hydrogen) atoms. The Bertz CT molecular complexity index is 505. The highest BCUT2D eigenvalue weighted by atomic mass is 79.9. The highest BCUT2D eigenvalue weighted by Gasteiger charge is 2.24. The number of ether oxygens (including phenoxy) is 3. The molecule has 0 spiro atoms. The number of unbranched alkanes of at least 4 members (excludes halogenated alkanes) is 1. The van der Waals surface area contributed by atoms with Crippen molar-refractivity contribution in [3.05, 3.63) is 16.1 Å². The van der Waals surface area contributed by atoms with Crippen LogP contribution in [0.5, 0.6) is 17.2 Å². The van der Waals surface area contributed by atoms with Crippen LogP contribution in [0.1, 0.15) is 30.1 Å². The van der Waals surface area contributed by atoms with Gasteiger partial charge in [0.25, 0.3) is 5.91 Å². The molecule has 118 valence electrons. The van der Waals surface area contributed by atoms with Gasteiger partial charge in [0.05, 0.1) is 31.4 Å². The Hall–Kier alpha value is -1.43. The number of halogens is 1. The van der Waals surface area contributed by atoms with Crippen molar-refractivity contribution in [2.45, 2.75) is 19.8 Å². The van der Waals surface area contributed by atoms with Gasteiger partial charge >= 0.3 is 0 Å². The molecule has 0 unspecified atom stereocenters. The maximum absolute atomic E-state index is 12.6. The van der Waals surface area contributed by atoms with Crippen LogP contribution in [0, 0.1) is 0 Å². The van der Waals surface area contributed by atoms with Crippen molar-refractivity contribution in [3.8, 4) is 17.2 Å². The molecule has 0 N–H and O–H groups in total. The van der Waals surface area contributed by atoms with E-state index in [2.05, 4.69) is 22.9 Å². The van der Waals surface area contributed by atoms with Crippen LogP contribution in [-0.2, 0) is 0 Å². The summed E-state index contributed by atoms with van der Waals surface area (Å²) in [6.07, 6.45) is 2.00. The van der Waals surface area contributed by atoms with E-state index in [-0.39, 0.29) is 5.91 Å². The van der Waals surface area contributed by atoms with E-state index in [0.717, 1.165) is 12.8 Å². The SMILES string of the molecule is CCCCN(C)C(=O)c1cc(OC)c(OC)c(OC)c1Br. The number of carbonyl (C=O) groups excluding carboxylic acids is 1. The van der Waals surface area contributed by atoms with E-state index in [0.29, 0.717) is 33.8 Å². The van der Waals surface area contributed by atoms with E-state index in [1.165, 1.54) is 21.3 Å². The van der Waals surface area contributed by atoms with Gasteiger partial charge in [-0.1, -0.05) is 13.3 Å². The summed E-state index contributed by atoms with van der Waals surface area (Å²) in [7, 11) is 6.37. The number of hydrogen-bond acceptors (Lipinski definition) is 4. The fraction of sp³-hybridized carbons (Fsp3) is 0.533. The van der Waals surface area contributed by atoms with Gasteiger partial charge < -0.3 is 19.1 Å². The summed E-state index contributed by atoms with van der Waals surface area (Å²) in [5.41, 5.74) is 0.489. The first-order chi connectivity index (χ1) is 10.0. The van der Waals surface area contributed by atoms with Gasteiger partial charge in [-0.3, -0.25) is 4.79 Å². The number of benzene rings is 1. The zero-order chi connectivity index (χ0) is 16.0. The number of rotatable bonds is 7. The lowest BCUT2D eigenvalue weighted by Crippen LogP contribution is -2.28. The number of nitrogens with zero attached hydrogens (tertiary/aromatic N) is 1. The molecular weight excluding hydrogens is 338 g/mol. The highest BCUT2D eigenvalue weighted by molar-refractivity contribution is 9.10. The maximum atomic E-state index is 12.6. The lowest BCUT2D eigenvalue weighted by atomic mass is 10.1. The van der Waals surface area contributed by atoms with Crippen LogP contribution in [0.4, 0.5) is 0 Å². The van der Waals surface area contributed by atoms with Gasteiger partial charge in [-0.15, -0.1) is 0 Å². The molecule has 0 radical (unpaired) electrons. The molecule has 0 aliphatic carbocycles. The van der Waals surface area contributed by atoms with Crippen molar-refractivity contribution in [2.24, 2.45) is 0 Å². The van der Waals surface area contributed by atoms with Crippen LogP contribution in [-0.4, -0.2) is 45.7 Å². The third-order valence-corrected chi connectivity index (χ3v) is 3.98. The van der Waals surface area contributed by atoms with Gasteiger partial charge in [0.2, 0.25) is 5.75 Å². The summed E-state index contributed by atoms with van der Waals surface area (Å²) in [6, 6.07) is 1.66. The number of hydrogen-bond donors (Lipinski definition) is 0. The average molecular weight is 360 g/mol. The molecule has 0 bridgehead atoms. The van der Waals surface area contributed by atoms with Gasteiger partial charge in [-0.2, -0.15) is 0 Å². The molecule has 1 aromatic rings. The van der Waals surface area contributed by atoms with E-state index in [9.17, 15) is 4.79 Å². The molecule has 5 nitrogen and oxygen atoms in total. The Morgan fingerprint density at radius 1 is 1.19 bits per heavy atom. The Kier molecular flexibility index (Phi) is 6.81. The Labute approximate surface area is 134 Å². The molecule has 6 heteroatoms. The first-order valence-electron chi connectivity index (χ1n) is 6.75. The number of methoxy groups -OCH3 is 3. The fourth-order valence-corrected chi connectivity index (χ4v) is 2.61. The molecule has 0 saturated heterocycles. The van der Waals surface area contributed by atoms with Gasteiger partial charge in [-0.05, 0) is 28.4 Å².